The molecule has 0 unspecified atom stereocenters. The molecule has 0 aromatic heterocycles. The molecule has 0 saturated heterocycles. The molecule has 0 atom stereocenters. The Bertz CT molecular complexity index is 1420. The molecule has 37 heavy (non-hydrogen) atoms. The van der Waals surface area contributed by atoms with Crippen LogP contribution < -0.4 is 15.5 Å². The summed E-state index contributed by atoms with van der Waals surface area (Å²) in [4.78, 5) is 51.3. The lowest BCUT2D eigenvalue weighted by molar-refractivity contribution is -0.120. The van der Waals surface area contributed by atoms with Crippen molar-refractivity contribution in [1.29, 1.82) is 0 Å². The van der Waals surface area contributed by atoms with Crippen molar-refractivity contribution in [2.24, 2.45) is 0 Å². The van der Waals surface area contributed by atoms with E-state index in [4.69, 9.17) is 27.9 Å². The summed E-state index contributed by atoms with van der Waals surface area (Å²) in [6.07, 6.45) is -0.281. The fourth-order valence-corrected chi connectivity index (χ4v) is 3.90. The van der Waals surface area contributed by atoms with Gasteiger partial charge in [0.25, 0.3) is 17.7 Å². The molecule has 0 bridgehead atoms. The van der Waals surface area contributed by atoms with E-state index in [1.54, 1.807) is 62.4 Å². The van der Waals surface area contributed by atoms with Crippen LogP contribution in [0.5, 0.6) is 0 Å². The van der Waals surface area contributed by atoms with Crippen molar-refractivity contribution in [2.75, 3.05) is 15.5 Å². The summed E-state index contributed by atoms with van der Waals surface area (Å²) < 4.78 is 5.15. The van der Waals surface area contributed by atoms with Gasteiger partial charge in [0.2, 0.25) is 0 Å². The number of carbonyl (C=O) groups is 4. The number of halogens is 2. The standard InChI is InChI=1S/C27H21Cl2N3O5/c1-15(2)37-27(36)17-8-12-21(13-9-17)32-25(34)22(29)23(26(32)35)30-19-10-6-16(7-11-19)24(33)31-20-5-3-4-18(28)14-20/h3-15,30H,1-2H3,(H,31,33). The third-order valence-corrected chi connectivity index (χ3v) is 5.82. The maximum atomic E-state index is 13.0. The first-order valence-corrected chi connectivity index (χ1v) is 11.9. The molecule has 3 aromatic rings. The van der Waals surface area contributed by atoms with E-state index in [-0.39, 0.29) is 34.0 Å². The molecule has 8 nitrogen and oxygen atoms in total. The van der Waals surface area contributed by atoms with Gasteiger partial charge in [0.05, 0.1) is 17.4 Å². The molecular weight excluding hydrogens is 517 g/mol. The van der Waals surface area contributed by atoms with Gasteiger partial charge >= 0.3 is 5.97 Å². The topological polar surface area (TPSA) is 105 Å². The predicted molar refractivity (Wildman–Crippen MR) is 142 cm³/mol. The highest BCUT2D eigenvalue weighted by molar-refractivity contribution is 6.53. The van der Waals surface area contributed by atoms with Gasteiger partial charge in [0.15, 0.2) is 0 Å². The number of imide groups is 1. The molecule has 1 aliphatic heterocycles. The van der Waals surface area contributed by atoms with Crippen LogP contribution in [0.15, 0.2) is 83.5 Å². The number of nitrogens with zero attached hydrogens (tertiary/aromatic N) is 1. The number of rotatable bonds is 7. The van der Waals surface area contributed by atoms with Crippen LogP contribution in [0.25, 0.3) is 0 Å². The number of anilines is 3. The van der Waals surface area contributed by atoms with E-state index < -0.39 is 17.8 Å². The summed E-state index contributed by atoms with van der Waals surface area (Å²) in [6.45, 7) is 3.47. The van der Waals surface area contributed by atoms with Gasteiger partial charge in [-0.1, -0.05) is 29.3 Å². The minimum atomic E-state index is -0.704. The second-order valence-corrected chi connectivity index (χ2v) is 9.12. The zero-order valence-corrected chi connectivity index (χ0v) is 21.3. The van der Waals surface area contributed by atoms with Crippen molar-refractivity contribution in [3.63, 3.8) is 0 Å². The minimum Gasteiger partial charge on any atom is -0.459 e. The van der Waals surface area contributed by atoms with Crippen LogP contribution in [0.2, 0.25) is 5.02 Å². The van der Waals surface area contributed by atoms with Crippen LogP contribution in [-0.4, -0.2) is 29.8 Å². The summed E-state index contributed by atoms with van der Waals surface area (Å²) in [5.74, 6) is -2.21. The minimum absolute atomic E-state index is 0.105. The van der Waals surface area contributed by atoms with E-state index >= 15 is 0 Å². The van der Waals surface area contributed by atoms with Crippen LogP contribution in [0.3, 0.4) is 0 Å². The number of hydrogen-bond donors (Lipinski definition) is 2. The SMILES string of the molecule is CC(C)OC(=O)c1ccc(N2C(=O)C(Cl)=C(Nc3ccc(C(=O)Nc4cccc(Cl)c4)cc3)C2=O)cc1. The van der Waals surface area contributed by atoms with Crippen LogP contribution >= 0.6 is 23.2 Å². The van der Waals surface area contributed by atoms with Crippen molar-refractivity contribution in [1.82, 2.24) is 0 Å². The van der Waals surface area contributed by atoms with Crippen LogP contribution in [-0.2, 0) is 14.3 Å². The zero-order valence-electron chi connectivity index (χ0n) is 19.7. The van der Waals surface area contributed by atoms with Gasteiger partial charge in [-0.2, -0.15) is 0 Å². The van der Waals surface area contributed by atoms with Crippen molar-refractivity contribution >= 4 is 64.0 Å². The molecule has 10 heteroatoms. The molecule has 188 valence electrons. The van der Waals surface area contributed by atoms with Gasteiger partial charge in [0.1, 0.15) is 10.7 Å². The van der Waals surface area contributed by atoms with Gasteiger partial charge in [0, 0.05) is 22.0 Å². The molecule has 3 amide bonds. The van der Waals surface area contributed by atoms with Crippen LogP contribution in [0.4, 0.5) is 17.1 Å². The second kappa shape index (κ2) is 10.9. The van der Waals surface area contributed by atoms with E-state index in [1.807, 2.05) is 0 Å². The molecule has 0 aliphatic carbocycles. The molecule has 4 rings (SSSR count). The van der Waals surface area contributed by atoms with Gasteiger partial charge < -0.3 is 15.4 Å². The lowest BCUT2D eigenvalue weighted by Gasteiger charge is -2.16. The first-order valence-electron chi connectivity index (χ1n) is 11.2. The number of hydrogen-bond acceptors (Lipinski definition) is 6. The van der Waals surface area contributed by atoms with Gasteiger partial charge in [-0.05, 0) is 80.6 Å². The molecular formula is C27H21Cl2N3O5. The fourth-order valence-electron chi connectivity index (χ4n) is 3.49. The van der Waals surface area contributed by atoms with E-state index in [1.165, 1.54) is 24.3 Å². The Labute approximate surface area is 222 Å². The molecule has 1 aliphatic rings. The third kappa shape index (κ3) is 5.82. The zero-order chi connectivity index (χ0) is 26.7. The Morgan fingerprint density at radius 1 is 0.838 bits per heavy atom. The first-order chi connectivity index (χ1) is 17.6. The highest BCUT2D eigenvalue weighted by atomic mass is 35.5. The number of carbonyl (C=O) groups excluding carboxylic acids is 4. The number of benzene rings is 3. The smallest absolute Gasteiger partial charge is 0.338 e. The molecule has 2 N–H and O–H groups in total. The molecule has 3 aromatic carbocycles. The van der Waals surface area contributed by atoms with E-state index in [2.05, 4.69) is 10.6 Å². The van der Waals surface area contributed by atoms with E-state index in [0.29, 0.717) is 22.0 Å². The Balaban J connectivity index is 1.45. The van der Waals surface area contributed by atoms with Crippen LogP contribution in [0, 0.1) is 0 Å². The maximum Gasteiger partial charge on any atom is 0.338 e. The quantitative estimate of drug-likeness (QED) is 0.300. The number of ether oxygens (including phenoxy) is 1. The molecule has 0 radical (unpaired) electrons. The monoisotopic (exact) mass is 537 g/mol. The number of esters is 1. The normalized spacial score (nSPS) is 13.3. The molecule has 0 saturated carbocycles. The average Bonchev–Trinajstić information content (AvgIpc) is 3.07. The summed E-state index contributed by atoms with van der Waals surface area (Å²) in [5, 5.41) is 5.82. The Morgan fingerprint density at radius 3 is 2.11 bits per heavy atom. The van der Waals surface area contributed by atoms with E-state index in [9.17, 15) is 19.2 Å². The number of amides is 3. The molecule has 0 fully saturated rings. The fraction of sp³-hybridized carbons (Fsp3) is 0.111. The summed E-state index contributed by atoms with van der Waals surface area (Å²) in [6, 6.07) is 18.9. The molecule has 0 spiro atoms. The van der Waals surface area contributed by atoms with Crippen molar-refractivity contribution in [3.05, 3.63) is 99.7 Å². The highest BCUT2D eigenvalue weighted by Gasteiger charge is 2.39. The van der Waals surface area contributed by atoms with Gasteiger partial charge in [-0.3, -0.25) is 14.4 Å². The maximum absolute atomic E-state index is 13.0. The van der Waals surface area contributed by atoms with Crippen LogP contribution in [0.1, 0.15) is 34.6 Å². The lowest BCUT2D eigenvalue weighted by atomic mass is 10.2. The summed E-state index contributed by atoms with van der Waals surface area (Å²) in [7, 11) is 0. The van der Waals surface area contributed by atoms with Crippen molar-refractivity contribution in [2.45, 2.75) is 20.0 Å². The average molecular weight is 538 g/mol. The number of nitrogens with one attached hydrogen (secondary N) is 2. The lowest BCUT2D eigenvalue weighted by Crippen LogP contribution is -2.32. The Kier molecular flexibility index (Phi) is 7.61. The predicted octanol–water partition coefficient (Wildman–Crippen LogP) is 5.59. The summed E-state index contributed by atoms with van der Waals surface area (Å²) >= 11 is 12.1. The van der Waals surface area contributed by atoms with E-state index in [0.717, 1.165) is 4.90 Å². The largest absolute Gasteiger partial charge is 0.459 e. The van der Waals surface area contributed by atoms with Crippen molar-refractivity contribution in [3.8, 4) is 0 Å². The first kappa shape index (κ1) is 25.9. The van der Waals surface area contributed by atoms with Crippen molar-refractivity contribution < 1.29 is 23.9 Å². The molecule has 1 heterocycles. The van der Waals surface area contributed by atoms with Gasteiger partial charge in [-0.15, -0.1) is 0 Å². The third-order valence-electron chi connectivity index (χ3n) is 5.23. The van der Waals surface area contributed by atoms with Gasteiger partial charge in [-0.25, -0.2) is 9.69 Å². The second-order valence-electron chi connectivity index (χ2n) is 8.30. The Hall–Kier alpha value is -4.14. The Morgan fingerprint density at radius 2 is 1.49 bits per heavy atom. The summed E-state index contributed by atoms with van der Waals surface area (Å²) in [5.41, 5.74) is 1.80. The highest BCUT2D eigenvalue weighted by Crippen LogP contribution is 2.30.